The fourth-order valence-electron chi connectivity index (χ4n) is 6.69. The van der Waals surface area contributed by atoms with Crippen molar-refractivity contribution in [1.82, 2.24) is 0 Å². The van der Waals surface area contributed by atoms with E-state index in [0.717, 1.165) is 0 Å². The molecule has 132 heavy (non-hydrogen) atoms. The van der Waals surface area contributed by atoms with E-state index in [1.807, 2.05) is 0 Å². The number of alkyl halides is 68. The van der Waals surface area contributed by atoms with Crippen LogP contribution >= 0.6 is 0 Å². The van der Waals surface area contributed by atoms with Gasteiger partial charge in [-0.2, -0.15) is 332 Å². The Hall–Kier alpha value is -5.28. The first-order valence-electron chi connectivity index (χ1n) is 28.8. The van der Waals surface area contributed by atoms with Crippen LogP contribution in [0.2, 0.25) is 0 Å². The largest absolute Gasteiger partial charge is 0.460 e. The van der Waals surface area contributed by atoms with Crippen molar-refractivity contribution >= 4 is 40.5 Å². The SMILES string of the molecule is O=S(=O)(O)CCC(F)(F)C(F)(F)C(F)(F)C(F)(F)C(F)(F)C(F)(F)C(F)(F)C(F)(F)F.O=S(=O)(O)CCC(F)(F)C(F)(F)C(F)(F)C(F)(F)C(F)(F)C(F)(F)C(F)(F)C(F)(F)F.O=S(=O)(O)CCC(F)(F)C(F)(F)C(F)(F)C(F)(F)C(F)(F)C(F)(F)C(F)(F)C(F)(F)F.O=S(=O)(O)CCC(F)(F)C(F)(F)C(F)(F)C(F)(F)C(F)(F)C(F)(F)C(F)(F)C(F)(F)F.OCC(O)C(O)CO. The van der Waals surface area contributed by atoms with Gasteiger partial charge in [-0.15, -0.1) is 0 Å². The summed E-state index contributed by atoms with van der Waals surface area (Å²) in [6.45, 7) is -1.05. The molecule has 0 aliphatic heterocycles. The van der Waals surface area contributed by atoms with E-state index in [4.69, 9.17) is 38.6 Å². The number of rotatable bonds is 39. The number of hydrogen-bond donors (Lipinski definition) is 8. The van der Waals surface area contributed by atoms with Crippen molar-refractivity contribution in [3.05, 3.63) is 0 Å². The third kappa shape index (κ3) is 23.9. The van der Waals surface area contributed by atoms with Crippen molar-refractivity contribution < 1.29 is 371 Å². The molecule has 0 heterocycles. The molecule has 0 saturated carbocycles. The Balaban J connectivity index is -0.000000527. The lowest BCUT2D eigenvalue weighted by atomic mass is 9.88. The summed E-state index contributed by atoms with van der Waals surface area (Å²) >= 11 is 0. The topological polar surface area (TPSA) is 298 Å². The van der Waals surface area contributed by atoms with Gasteiger partial charge in [-0.25, -0.2) is 0 Å². The van der Waals surface area contributed by atoms with Crippen molar-refractivity contribution in [3.63, 3.8) is 0 Å². The molecular formula is C44H30F68O16S4. The summed E-state index contributed by atoms with van der Waals surface area (Å²) in [4.78, 5) is 0. The molecule has 0 rings (SSSR count). The second-order valence-corrected chi connectivity index (χ2v) is 30.5. The zero-order valence-electron chi connectivity index (χ0n) is 58.4. The van der Waals surface area contributed by atoms with E-state index in [1.54, 1.807) is 0 Å². The van der Waals surface area contributed by atoms with Crippen LogP contribution in [-0.4, -0.2) is 311 Å². The first-order valence-corrected chi connectivity index (χ1v) is 35.2. The van der Waals surface area contributed by atoms with E-state index < -0.39 is 305 Å². The lowest BCUT2D eigenvalue weighted by Crippen LogP contribution is -2.74. The molecule has 0 radical (unpaired) electrons. The molecule has 0 spiro atoms. The fraction of sp³-hybridized carbons (Fsp3) is 1.00. The monoisotopic (exact) mass is 2230 g/mol. The standard InChI is InChI=1S/4C10H5F17O3S.C4H10O4/c4*11-3(12,1-2-31(28,29)30)4(13,14)5(15,16)6(17,18)7(19,20)8(21,22)9(23,24)10(25,26)27;5-1-3(7)4(8)2-6/h4*1-2H2,(H,28,29,30);3-8H,1-2H2. The predicted octanol–water partition coefficient (Wildman–Crippen LogP) is 18.8. The number of aliphatic hydroxyl groups is 4. The Morgan fingerprint density at radius 2 is 0.227 bits per heavy atom. The van der Waals surface area contributed by atoms with Gasteiger partial charge in [0, 0.05) is 25.7 Å². The first kappa shape index (κ1) is 135. The molecule has 0 aliphatic carbocycles. The molecule has 802 valence electrons. The molecule has 0 amide bonds. The summed E-state index contributed by atoms with van der Waals surface area (Å²) in [5, 5.41) is 33.2. The van der Waals surface area contributed by atoms with Crippen LogP contribution in [0.1, 0.15) is 25.7 Å². The third-order valence-electron chi connectivity index (χ3n) is 14.7. The molecule has 2 unspecified atom stereocenters. The van der Waals surface area contributed by atoms with Gasteiger partial charge in [0.15, 0.2) is 0 Å². The summed E-state index contributed by atoms with van der Waals surface area (Å²) in [7, 11) is -22.9. The van der Waals surface area contributed by atoms with Gasteiger partial charge >= 0.3 is 191 Å². The summed E-state index contributed by atoms with van der Waals surface area (Å²) < 4.78 is 988. The minimum atomic E-state index is -8.74. The molecule has 0 aromatic heterocycles. The lowest BCUT2D eigenvalue weighted by Gasteiger charge is -2.42. The minimum absolute atomic E-state index is 0.526. The van der Waals surface area contributed by atoms with Crippen molar-refractivity contribution in [1.29, 1.82) is 0 Å². The molecule has 0 fully saturated rings. The zero-order valence-corrected chi connectivity index (χ0v) is 61.7. The van der Waals surface area contributed by atoms with Crippen molar-refractivity contribution in [3.8, 4) is 0 Å². The van der Waals surface area contributed by atoms with Gasteiger partial charge in [0.1, 0.15) is 12.2 Å². The van der Waals surface area contributed by atoms with E-state index in [0.29, 0.717) is 0 Å². The number of hydrogen-bond acceptors (Lipinski definition) is 12. The van der Waals surface area contributed by atoms with Gasteiger partial charge < -0.3 is 20.4 Å². The molecule has 0 bridgehead atoms. The molecule has 0 aliphatic rings. The smallest absolute Gasteiger partial charge is 0.394 e. The van der Waals surface area contributed by atoms with E-state index >= 15 is 0 Å². The van der Waals surface area contributed by atoms with E-state index in [2.05, 4.69) is 0 Å². The highest BCUT2D eigenvalue weighted by Gasteiger charge is 3.00. The molecule has 0 aromatic carbocycles. The highest BCUT2D eigenvalue weighted by molar-refractivity contribution is 7.86. The van der Waals surface area contributed by atoms with E-state index in [-0.39, 0.29) is 0 Å². The molecule has 2 atom stereocenters. The van der Waals surface area contributed by atoms with Crippen LogP contribution in [0.4, 0.5) is 299 Å². The van der Waals surface area contributed by atoms with Crippen LogP contribution in [0.15, 0.2) is 0 Å². The van der Waals surface area contributed by atoms with Crippen LogP contribution in [0.25, 0.3) is 0 Å². The average Bonchev–Trinajstić information content (AvgIpc) is 0.706. The van der Waals surface area contributed by atoms with Gasteiger partial charge in [-0.1, -0.05) is 0 Å². The maximum absolute atomic E-state index is 13.3. The number of halogens is 68. The molecule has 16 nitrogen and oxygen atoms in total. The number of aliphatic hydroxyl groups excluding tert-OH is 4. The van der Waals surface area contributed by atoms with Crippen LogP contribution in [0.5, 0.6) is 0 Å². The maximum Gasteiger partial charge on any atom is 0.460 e. The van der Waals surface area contributed by atoms with Crippen LogP contribution in [0, 0.1) is 0 Å². The minimum Gasteiger partial charge on any atom is -0.394 e. The van der Waals surface area contributed by atoms with Crippen LogP contribution in [-0.2, 0) is 40.5 Å². The second-order valence-electron chi connectivity index (χ2n) is 24.2. The normalized spacial score (nSPS) is 16.7. The summed E-state index contributed by atoms with van der Waals surface area (Å²) in [5.74, 6) is -241. The van der Waals surface area contributed by atoms with Crippen molar-refractivity contribution in [2.24, 2.45) is 0 Å². The lowest BCUT2D eigenvalue weighted by molar-refractivity contribution is -0.461. The quantitative estimate of drug-likeness (QED) is 0.0210. The Labute approximate surface area is 675 Å². The third-order valence-corrected chi connectivity index (χ3v) is 17.5. The molecular weight excluding hydrogens is 2200 g/mol. The highest BCUT2D eigenvalue weighted by atomic mass is 32.2. The van der Waals surface area contributed by atoms with Gasteiger partial charge in [-0.05, 0) is 0 Å². The fourth-order valence-corrected chi connectivity index (χ4v) is 8.74. The van der Waals surface area contributed by atoms with Gasteiger partial charge in [-0.3, -0.25) is 18.2 Å². The average molecular weight is 2230 g/mol. The summed E-state index contributed by atoms with van der Waals surface area (Å²) in [6.07, 6.45) is -46.7. The summed E-state index contributed by atoms with van der Waals surface area (Å²) in [6, 6.07) is 0. The van der Waals surface area contributed by atoms with E-state index in [9.17, 15) is 332 Å². The van der Waals surface area contributed by atoms with Crippen LogP contribution < -0.4 is 0 Å². The van der Waals surface area contributed by atoms with E-state index in [1.165, 1.54) is 0 Å². The van der Waals surface area contributed by atoms with Crippen LogP contribution in [0.3, 0.4) is 0 Å². The molecule has 0 aromatic rings. The molecule has 0 saturated heterocycles. The Morgan fingerprint density at radius 3 is 0.295 bits per heavy atom. The second kappa shape index (κ2) is 38.0. The Bertz CT molecular complexity index is 3750. The molecule has 88 heteroatoms. The first-order chi connectivity index (χ1) is 55.5. The van der Waals surface area contributed by atoms with Crippen molar-refractivity contribution in [2.75, 3.05) is 36.2 Å². The predicted molar refractivity (Wildman–Crippen MR) is 273 cm³/mol. The zero-order chi connectivity index (χ0) is 110. The van der Waals surface area contributed by atoms with Gasteiger partial charge in [0.2, 0.25) is 0 Å². The van der Waals surface area contributed by atoms with Crippen molar-refractivity contribution in [2.45, 2.75) is 228 Å². The maximum atomic E-state index is 13.3. The van der Waals surface area contributed by atoms with Gasteiger partial charge in [0.25, 0.3) is 40.5 Å². The Morgan fingerprint density at radius 1 is 0.152 bits per heavy atom. The van der Waals surface area contributed by atoms with Gasteiger partial charge in [0.05, 0.1) is 36.2 Å². The molecule has 8 N–H and O–H groups in total. The Kier molecular flexibility index (Phi) is 39.0. The summed E-state index contributed by atoms with van der Waals surface area (Å²) in [5.41, 5.74) is 0. The highest BCUT2D eigenvalue weighted by Crippen LogP contribution is 2.71.